The maximum atomic E-state index is 13.7. The number of benzene rings is 1. The van der Waals surface area contributed by atoms with E-state index in [2.05, 4.69) is 44.8 Å². The topological polar surface area (TPSA) is 214 Å². The molecule has 1 aromatic carbocycles. The summed E-state index contributed by atoms with van der Waals surface area (Å²) < 4.78 is 52.8. The lowest BCUT2D eigenvalue weighted by atomic mass is 10.0. The second kappa shape index (κ2) is 11.6. The molecule has 4 fully saturated rings. The molecule has 8 rings (SSSR count). The van der Waals surface area contributed by atoms with Gasteiger partial charge >= 0.3 is 6.80 Å². The number of rotatable bonds is 2. The standard InChI is InChI=1S/C27H27ClN7O10PS2/c1-10-18-15(43-24(10)35-8-30-13-4-2-3-12(28)16(13)23(35)38)7-41-46(39,48)45-14-5-11(6-40-27(47)19(36)20(27)44-18)42-25(14)34-9-31-17-21(34)32-26(29)33-22(17)37/h2-4,8-11,14-15,18,20,24-25,47H,5-7H2,1H3,(H,39,48)(H3,29,32,33,37)/t10?,11-,14-,15+,18-,20?,24+,25+,27?,46?/m0/s1. The molecule has 4 aromatic rings. The van der Waals surface area contributed by atoms with Gasteiger partial charge in [0.2, 0.25) is 16.7 Å². The molecule has 3 aliphatic heterocycles. The summed E-state index contributed by atoms with van der Waals surface area (Å²) in [6.45, 7) is -2.89. The van der Waals surface area contributed by atoms with Crippen LogP contribution in [0.15, 0.2) is 40.4 Å². The Bertz CT molecular complexity index is 2150. The van der Waals surface area contributed by atoms with E-state index < -0.39 is 77.5 Å². The Balaban J connectivity index is 1.12. The van der Waals surface area contributed by atoms with Gasteiger partial charge in [0.1, 0.15) is 24.8 Å². The molecule has 48 heavy (non-hydrogen) atoms. The first kappa shape index (κ1) is 32.4. The summed E-state index contributed by atoms with van der Waals surface area (Å²) in [5, 5.41) is 0.435. The number of nitrogens with one attached hydrogen (secondary N) is 1. The fourth-order valence-electron chi connectivity index (χ4n) is 6.45. The Morgan fingerprint density at radius 3 is 2.69 bits per heavy atom. The summed E-state index contributed by atoms with van der Waals surface area (Å²) in [6, 6.07) is 4.94. The molecule has 0 radical (unpaired) electrons. The number of thiol groups is 2. The first-order valence-corrected chi connectivity index (χ1v) is 18.3. The van der Waals surface area contributed by atoms with Crippen LogP contribution >= 0.6 is 43.3 Å². The lowest BCUT2D eigenvalue weighted by molar-refractivity contribution is -0.118. The minimum atomic E-state index is -4.16. The second-order valence-corrected chi connectivity index (χ2v) is 15.9. The number of aromatic nitrogens is 6. The number of carbonyl (C=O) groups is 1. The van der Waals surface area contributed by atoms with Crippen molar-refractivity contribution < 1.29 is 37.4 Å². The largest absolute Gasteiger partial charge is 0.386 e. The van der Waals surface area contributed by atoms with Crippen LogP contribution in [-0.4, -0.2) is 83.5 Å². The number of imidazole rings is 1. The van der Waals surface area contributed by atoms with Gasteiger partial charge in [-0.1, -0.05) is 36.8 Å². The average molecular weight is 740 g/mol. The zero-order valence-electron chi connectivity index (χ0n) is 24.7. The first-order chi connectivity index (χ1) is 22.8. The minimum Gasteiger partial charge on any atom is -0.369 e. The monoisotopic (exact) mass is 739 g/mol. The van der Waals surface area contributed by atoms with Crippen LogP contribution in [0.1, 0.15) is 25.8 Å². The molecule has 1 saturated carbocycles. The number of halogens is 1. The summed E-state index contributed by atoms with van der Waals surface area (Å²) >= 11 is 15.1. The van der Waals surface area contributed by atoms with Crippen LogP contribution in [-0.2, 0) is 37.4 Å². The molecule has 6 heterocycles. The number of hydrogen-bond acceptors (Lipinski definition) is 15. The van der Waals surface area contributed by atoms with Gasteiger partial charge in [0.05, 0.1) is 47.7 Å². The molecular weight excluding hydrogens is 713 g/mol. The number of ether oxygens (including phenoxy) is 4. The summed E-state index contributed by atoms with van der Waals surface area (Å²) in [5.74, 6) is -1.13. The van der Waals surface area contributed by atoms with E-state index in [0.717, 1.165) is 0 Å². The van der Waals surface area contributed by atoms with E-state index in [1.807, 2.05) is 0 Å². The Labute approximate surface area is 285 Å². The predicted octanol–water partition coefficient (Wildman–Crippen LogP) is 2.02. The van der Waals surface area contributed by atoms with Crippen LogP contribution in [0.4, 0.5) is 5.95 Å². The lowest BCUT2D eigenvalue weighted by Crippen LogP contribution is -2.35. The number of anilines is 1. The van der Waals surface area contributed by atoms with Gasteiger partial charge < -0.3 is 24.7 Å². The van der Waals surface area contributed by atoms with Crippen molar-refractivity contribution in [1.29, 1.82) is 0 Å². The highest BCUT2D eigenvalue weighted by atomic mass is 35.5. The van der Waals surface area contributed by atoms with Crippen LogP contribution in [0.5, 0.6) is 0 Å². The Kier molecular flexibility index (Phi) is 7.83. The van der Waals surface area contributed by atoms with Gasteiger partial charge in [-0.2, -0.15) is 4.98 Å². The maximum absolute atomic E-state index is 13.7. The zero-order valence-corrected chi connectivity index (χ0v) is 28.2. The molecule has 0 spiro atoms. The van der Waals surface area contributed by atoms with E-state index >= 15 is 0 Å². The SMILES string of the molecule is CC1[C@H](n2cnc3cccc(Cl)c3c2=O)O[C@@H]2COP(=O)(S)O[C@H]3C[C@@H](COC4(S)C(=O)C4O[C@@H]12)O[C@H]3n1cnc2c(=O)[nH]c(N)nc21. The summed E-state index contributed by atoms with van der Waals surface area (Å²) in [7, 11) is 0. The molecule has 3 saturated heterocycles. The number of hydrogen-bond donors (Lipinski definition) is 4. The third-order valence-corrected chi connectivity index (χ3v) is 11.4. The molecule has 4 unspecified atom stereocenters. The summed E-state index contributed by atoms with van der Waals surface area (Å²) in [6.07, 6.45) is -3.77. The van der Waals surface area contributed by atoms with Crippen molar-refractivity contribution in [3.63, 3.8) is 0 Å². The van der Waals surface area contributed by atoms with E-state index in [1.165, 1.54) is 21.8 Å². The van der Waals surface area contributed by atoms with Crippen molar-refractivity contribution in [1.82, 2.24) is 29.1 Å². The van der Waals surface area contributed by atoms with E-state index in [4.69, 9.17) is 45.3 Å². The molecule has 3 aromatic heterocycles. The number of ketones is 1. The van der Waals surface area contributed by atoms with Gasteiger partial charge in [0, 0.05) is 12.3 Å². The van der Waals surface area contributed by atoms with Gasteiger partial charge in [0.25, 0.3) is 11.1 Å². The average Bonchev–Trinajstić information content (AvgIpc) is 3.46. The van der Waals surface area contributed by atoms with Crippen LogP contribution in [0, 0.1) is 5.92 Å². The number of nitrogens with zero attached hydrogens (tertiary/aromatic N) is 5. The molecule has 10 atom stereocenters. The maximum Gasteiger partial charge on any atom is 0.386 e. The highest BCUT2D eigenvalue weighted by Crippen LogP contribution is 2.58. The molecule has 21 heteroatoms. The fraction of sp³-hybridized carbons (Fsp3) is 0.481. The fourth-order valence-corrected chi connectivity index (χ4v) is 8.50. The lowest BCUT2D eigenvalue weighted by Gasteiger charge is -2.25. The number of nitrogen functional groups attached to an aromatic ring is 1. The van der Waals surface area contributed by atoms with Crippen molar-refractivity contribution in [2.75, 3.05) is 18.9 Å². The Hall–Kier alpha value is -2.84. The van der Waals surface area contributed by atoms with Crippen molar-refractivity contribution in [2.24, 2.45) is 5.92 Å². The van der Waals surface area contributed by atoms with E-state index in [1.54, 1.807) is 25.1 Å². The quantitative estimate of drug-likeness (QED) is 0.171. The van der Waals surface area contributed by atoms with Gasteiger partial charge in [-0.15, -0.1) is 12.6 Å². The molecule has 17 nitrogen and oxygen atoms in total. The Morgan fingerprint density at radius 1 is 1.08 bits per heavy atom. The third kappa shape index (κ3) is 5.31. The third-order valence-electron chi connectivity index (χ3n) is 8.87. The smallest absolute Gasteiger partial charge is 0.369 e. The minimum absolute atomic E-state index is 0.00332. The zero-order chi connectivity index (χ0) is 33.7. The molecular formula is C27H27ClN7O10PS2. The molecule has 3 N–H and O–H groups in total. The number of nitrogens with two attached hydrogens (primary N) is 1. The van der Waals surface area contributed by atoms with Gasteiger partial charge in [0.15, 0.2) is 23.5 Å². The number of fused-ring (bicyclic) bond motifs is 6. The Morgan fingerprint density at radius 2 is 1.88 bits per heavy atom. The highest BCUT2D eigenvalue weighted by molar-refractivity contribution is 8.44. The van der Waals surface area contributed by atoms with Crippen molar-refractivity contribution in [3.05, 3.63) is 56.6 Å². The molecule has 2 bridgehead atoms. The molecule has 254 valence electrons. The first-order valence-electron chi connectivity index (χ1n) is 14.7. The van der Waals surface area contributed by atoms with Crippen molar-refractivity contribution in [3.8, 4) is 0 Å². The molecule has 0 amide bonds. The van der Waals surface area contributed by atoms with Gasteiger partial charge in [-0.3, -0.25) is 37.5 Å². The van der Waals surface area contributed by atoms with E-state index in [0.29, 0.717) is 5.52 Å². The predicted molar refractivity (Wildman–Crippen MR) is 174 cm³/mol. The number of H-pyrrole nitrogens is 1. The molecule has 4 aliphatic rings. The van der Waals surface area contributed by atoms with E-state index in [9.17, 15) is 18.9 Å². The summed E-state index contributed by atoms with van der Waals surface area (Å²) in [4.78, 5) is 52.5. The van der Waals surface area contributed by atoms with Crippen LogP contribution in [0.25, 0.3) is 22.1 Å². The number of carbonyl (C=O) groups excluding carboxylic acids is 1. The van der Waals surface area contributed by atoms with Crippen LogP contribution < -0.4 is 16.9 Å². The van der Waals surface area contributed by atoms with Crippen LogP contribution in [0.3, 0.4) is 0 Å². The highest BCUT2D eigenvalue weighted by Gasteiger charge is 2.68. The van der Waals surface area contributed by atoms with Gasteiger partial charge in [-0.05, 0) is 12.1 Å². The van der Waals surface area contributed by atoms with E-state index in [-0.39, 0.29) is 47.2 Å². The summed E-state index contributed by atoms with van der Waals surface area (Å²) in [5.41, 5.74) is 5.27. The number of aromatic amines is 1. The van der Waals surface area contributed by atoms with Gasteiger partial charge in [-0.25, -0.2) is 14.5 Å². The van der Waals surface area contributed by atoms with Crippen molar-refractivity contribution in [2.45, 2.75) is 61.3 Å². The normalized spacial score (nSPS) is 37.0. The van der Waals surface area contributed by atoms with Crippen LogP contribution in [0.2, 0.25) is 5.02 Å². The second-order valence-electron chi connectivity index (χ2n) is 11.9. The number of Topliss-reactive ketones (excluding diaryl/α,β-unsaturated/α-hetero) is 1. The molecule has 1 aliphatic carbocycles. The van der Waals surface area contributed by atoms with Crippen molar-refractivity contribution >= 4 is 77.1 Å².